The summed E-state index contributed by atoms with van der Waals surface area (Å²) in [6.45, 7) is 9.11. The maximum Gasteiger partial charge on any atom is 0.157 e. The first-order valence-electron chi connectivity index (χ1n) is 9.79. The summed E-state index contributed by atoms with van der Waals surface area (Å²) in [5.41, 5.74) is 0.810. The number of hydrogen-bond acceptors (Lipinski definition) is 5. The van der Waals surface area contributed by atoms with Crippen LogP contribution in [0.1, 0.15) is 47.0 Å². The van der Waals surface area contributed by atoms with Gasteiger partial charge in [-0.15, -0.1) is 0 Å². The summed E-state index contributed by atoms with van der Waals surface area (Å²) < 4.78 is 17.1. The third-order valence-electron chi connectivity index (χ3n) is 3.95. The molecule has 0 aliphatic carbocycles. The van der Waals surface area contributed by atoms with E-state index in [9.17, 15) is 0 Å². The Morgan fingerprint density at radius 1 is 1.13 bits per heavy atom. The lowest BCUT2D eigenvalue weighted by Crippen LogP contribution is -2.14. The van der Waals surface area contributed by atoms with Crippen LogP contribution >= 0.6 is 46.4 Å². The highest BCUT2D eigenvalue weighted by Crippen LogP contribution is 2.37. The summed E-state index contributed by atoms with van der Waals surface area (Å²) >= 11 is 23.7. The van der Waals surface area contributed by atoms with Crippen molar-refractivity contribution in [1.82, 2.24) is 0 Å². The van der Waals surface area contributed by atoms with Crippen molar-refractivity contribution in [3.63, 3.8) is 0 Å². The Balaban J connectivity index is 2.39. The van der Waals surface area contributed by atoms with Crippen molar-refractivity contribution < 1.29 is 19.0 Å². The van der Waals surface area contributed by atoms with Gasteiger partial charge in [0.2, 0.25) is 0 Å². The van der Waals surface area contributed by atoms with Crippen molar-refractivity contribution in [3.05, 3.63) is 32.7 Å². The number of halogens is 4. The largest absolute Gasteiger partial charge is 0.489 e. The average molecular weight is 501 g/mol. The SMILES string of the molecule is CCC(C)ON=C(C)COCCCC(C)Oc1c(Cl)cc(OCC=C(Cl)Cl)cc1Cl. The van der Waals surface area contributed by atoms with E-state index in [1.165, 1.54) is 6.08 Å². The molecule has 1 aromatic carbocycles. The number of ether oxygens (including phenoxy) is 3. The van der Waals surface area contributed by atoms with E-state index in [0.29, 0.717) is 34.8 Å². The fraction of sp³-hybridized carbons (Fsp3) is 0.571. The molecule has 0 amide bonds. The van der Waals surface area contributed by atoms with Crippen LogP contribution in [0.15, 0.2) is 27.9 Å². The molecule has 30 heavy (non-hydrogen) atoms. The molecule has 1 aromatic rings. The Morgan fingerprint density at radius 2 is 1.80 bits per heavy atom. The maximum atomic E-state index is 6.29. The highest BCUT2D eigenvalue weighted by atomic mass is 35.5. The second-order valence-corrected chi connectivity index (χ2v) is 8.62. The number of benzene rings is 1. The lowest BCUT2D eigenvalue weighted by molar-refractivity contribution is 0.0664. The van der Waals surface area contributed by atoms with Gasteiger partial charge in [0.25, 0.3) is 0 Å². The molecule has 2 atom stereocenters. The quantitative estimate of drug-likeness (QED) is 0.151. The molecule has 0 aromatic heterocycles. The molecular weight excluding hydrogens is 472 g/mol. The molecule has 0 radical (unpaired) electrons. The van der Waals surface area contributed by atoms with Crippen LogP contribution in [-0.2, 0) is 9.57 Å². The van der Waals surface area contributed by atoms with E-state index in [0.717, 1.165) is 25.0 Å². The first-order chi connectivity index (χ1) is 14.2. The smallest absolute Gasteiger partial charge is 0.157 e. The topological polar surface area (TPSA) is 49.3 Å². The molecule has 0 bridgehead atoms. The average Bonchev–Trinajstić information content (AvgIpc) is 2.68. The summed E-state index contributed by atoms with van der Waals surface area (Å²) in [6.07, 6.45) is 4.06. The van der Waals surface area contributed by atoms with E-state index in [2.05, 4.69) is 12.1 Å². The molecule has 0 spiro atoms. The van der Waals surface area contributed by atoms with Gasteiger partial charge in [0.05, 0.1) is 28.5 Å². The van der Waals surface area contributed by atoms with Crippen molar-refractivity contribution in [2.45, 2.75) is 59.2 Å². The minimum atomic E-state index is -0.0862. The van der Waals surface area contributed by atoms with Crippen molar-refractivity contribution in [2.24, 2.45) is 5.16 Å². The van der Waals surface area contributed by atoms with Gasteiger partial charge in [0.15, 0.2) is 5.75 Å². The maximum absolute atomic E-state index is 6.29. The van der Waals surface area contributed by atoms with E-state index in [4.69, 9.17) is 65.5 Å². The lowest BCUT2D eigenvalue weighted by Gasteiger charge is -2.18. The third kappa shape index (κ3) is 11.5. The monoisotopic (exact) mass is 499 g/mol. The molecule has 0 heterocycles. The van der Waals surface area contributed by atoms with E-state index >= 15 is 0 Å². The van der Waals surface area contributed by atoms with Gasteiger partial charge >= 0.3 is 0 Å². The summed E-state index contributed by atoms with van der Waals surface area (Å²) in [7, 11) is 0. The van der Waals surface area contributed by atoms with Crippen LogP contribution in [0.5, 0.6) is 11.5 Å². The highest BCUT2D eigenvalue weighted by Gasteiger charge is 2.14. The summed E-state index contributed by atoms with van der Waals surface area (Å²) in [5, 5.41) is 4.79. The third-order valence-corrected chi connectivity index (χ3v) is 4.82. The zero-order valence-electron chi connectivity index (χ0n) is 17.7. The predicted octanol–water partition coefficient (Wildman–Crippen LogP) is 7.45. The second-order valence-electron chi connectivity index (χ2n) is 6.79. The van der Waals surface area contributed by atoms with Gasteiger partial charge in [0, 0.05) is 18.7 Å². The molecule has 9 heteroatoms. The predicted molar refractivity (Wildman–Crippen MR) is 126 cm³/mol. The highest BCUT2D eigenvalue weighted by molar-refractivity contribution is 6.55. The van der Waals surface area contributed by atoms with E-state index in [1.807, 2.05) is 20.8 Å². The van der Waals surface area contributed by atoms with Crippen molar-refractivity contribution in [3.8, 4) is 11.5 Å². The van der Waals surface area contributed by atoms with Crippen LogP contribution in [-0.4, -0.2) is 37.7 Å². The number of rotatable bonds is 14. The minimum absolute atomic E-state index is 0.0862. The molecule has 0 saturated heterocycles. The second kappa shape index (κ2) is 15.0. The minimum Gasteiger partial charge on any atom is -0.489 e. The van der Waals surface area contributed by atoms with Crippen LogP contribution in [0.25, 0.3) is 0 Å². The van der Waals surface area contributed by atoms with Gasteiger partial charge in [0.1, 0.15) is 23.0 Å². The van der Waals surface area contributed by atoms with Gasteiger partial charge in [-0.05, 0) is 46.1 Å². The van der Waals surface area contributed by atoms with Gasteiger partial charge in [-0.25, -0.2) is 0 Å². The van der Waals surface area contributed by atoms with Gasteiger partial charge < -0.3 is 19.0 Å². The fourth-order valence-corrected chi connectivity index (χ4v) is 2.85. The summed E-state index contributed by atoms with van der Waals surface area (Å²) in [4.78, 5) is 5.32. The molecule has 0 fully saturated rings. The van der Waals surface area contributed by atoms with Crippen LogP contribution < -0.4 is 9.47 Å². The Hall–Kier alpha value is -0.850. The summed E-state index contributed by atoms with van der Waals surface area (Å²) in [6, 6.07) is 3.27. The molecule has 2 unspecified atom stereocenters. The Kier molecular flexibility index (Phi) is 13.6. The summed E-state index contributed by atoms with van der Waals surface area (Å²) in [5.74, 6) is 0.925. The first-order valence-corrected chi connectivity index (χ1v) is 11.3. The van der Waals surface area contributed by atoms with Gasteiger partial charge in [-0.3, -0.25) is 0 Å². The molecule has 5 nitrogen and oxygen atoms in total. The van der Waals surface area contributed by atoms with E-state index < -0.39 is 0 Å². The number of nitrogens with zero attached hydrogens (tertiary/aromatic N) is 1. The fourth-order valence-electron chi connectivity index (χ4n) is 2.17. The Morgan fingerprint density at radius 3 is 2.40 bits per heavy atom. The van der Waals surface area contributed by atoms with Crippen LogP contribution in [0.4, 0.5) is 0 Å². The standard InChI is InChI=1S/C21H29Cl4NO4/c1-5-15(3)30-26-14(2)13-27-9-6-7-16(4)29-21-18(22)11-17(12-19(21)23)28-10-8-20(24)25/h8,11-12,15-16H,5-7,9-10,13H2,1-4H3. The normalized spacial score (nSPS) is 13.5. The molecule has 170 valence electrons. The first kappa shape index (κ1) is 27.2. The molecule has 0 aliphatic heterocycles. The molecule has 0 saturated carbocycles. The number of oxime groups is 1. The van der Waals surface area contributed by atoms with Crippen LogP contribution in [0, 0.1) is 0 Å². The molecular formula is C21H29Cl4NO4. The van der Waals surface area contributed by atoms with Gasteiger partial charge in [-0.1, -0.05) is 58.5 Å². The van der Waals surface area contributed by atoms with Crippen molar-refractivity contribution in [2.75, 3.05) is 19.8 Å². The van der Waals surface area contributed by atoms with Gasteiger partial charge in [-0.2, -0.15) is 0 Å². The molecule has 0 N–H and O–H groups in total. The zero-order chi connectivity index (χ0) is 22.5. The van der Waals surface area contributed by atoms with Crippen molar-refractivity contribution in [1.29, 1.82) is 0 Å². The molecule has 1 rings (SSSR count). The van der Waals surface area contributed by atoms with E-state index in [1.54, 1.807) is 12.1 Å². The van der Waals surface area contributed by atoms with Crippen molar-refractivity contribution >= 4 is 52.1 Å². The Bertz CT molecular complexity index is 685. The Labute approximate surface area is 199 Å². The lowest BCUT2D eigenvalue weighted by atomic mass is 10.2. The van der Waals surface area contributed by atoms with Crippen LogP contribution in [0.2, 0.25) is 10.0 Å². The van der Waals surface area contributed by atoms with E-state index in [-0.39, 0.29) is 23.3 Å². The zero-order valence-corrected chi connectivity index (χ0v) is 20.7. The number of hydrogen-bond donors (Lipinski definition) is 0. The molecule has 0 aliphatic rings. The van der Waals surface area contributed by atoms with Crippen LogP contribution in [0.3, 0.4) is 0 Å².